The summed E-state index contributed by atoms with van der Waals surface area (Å²) in [7, 11) is 0. The molecule has 0 bridgehead atoms. The number of alkyl halides is 3. The molecule has 0 aromatic heterocycles. The topological polar surface area (TPSA) is 44.0 Å². The summed E-state index contributed by atoms with van der Waals surface area (Å²) < 4.78 is 36.7. The lowest BCUT2D eigenvalue weighted by molar-refractivity contribution is -0.191. The Balaban J connectivity index is 2.51. The second-order valence-electron chi connectivity index (χ2n) is 3.88. The third-order valence-electron chi connectivity index (χ3n) is 2.79. The number of aliphatic hydroxyl groups is 1. The molecule has 0 aromatic rings. The minimum atomic E-state index is -4.16. The van der Waals surface area contributed by atoms with E-state index in [-0.39, 0.29) is 32.1 Å². The molecule has 1 fully saturated rings. The number of nitriles is 1. The van der Waals surface area contributed by atoms with Crippen LogP contribution in [0.15, 0.2) is 0 Å². The first-order chi connectivity index (χ1) is 6.37. The highest BCUT2D eigenvalue weighted by atomic mass is 19.4. The van der Waals surface area contributed by atoms with Crippen molar-refractivity contribution in [3.63, 3.8) is 0 Å². The van der Waals surface area contributed by atoms with Crippen LogP contribution in [-0.2, 0) is 0 Å². The molecular weight excluding hydrogens is 195 g/mol. The normalized spacial score (nSPS) is 33.8. The summed E-state index contributed by atoms with van der Waals surface area (Å²) in [5.41, 5.74) is -1.18. The fourth-order valence-electron chi connectivity index (χ4n) is 1.81. The molecule has 1 rings (SSSR count). The van der Waals surface area contributed by atoms with Gasteiger partial charge in [-0.2, -0.15) is 18.4 Å². The smallest absolute Gasteiger partial charge is 0.389 e. The number of nitrogens with zero attached hydrogens (tertiary/aromatic N) is 1. The predicted molar refractivity (Wildman–Crippen MR) is 43.2 cm³/mol. The first-order valence-corrected chi connectivity index (χ1v) is 4.53. The highest BCUT2D eigenvalue weighted by Gasteiger charge is 2.44. The number of hydrogen-bond acceptors (Lipinski definition) is 2. The van der Waals surface area contributed by atoms with E-state index in [2.05, 4.69) is 0 Å². The molecule has 2 nitrogen and oxygen atoms in total. The maximum absolute atomic E-state index is 12.2. The van der Waals surface area contributed by atoms with E-state index in [0.717, 1.165) is 0 Å². The fourth-order valence-corrected chi connectivity index (χ4v) is 1.81. The molecule has 0 radical (unpaired) electrons. The van der Waals surface area contributed by atoms with Crippen LogP contribution >= 0.6 is 0 Å². The first kappa shape index (κ1) is 11.3. The molecule has 0 amide bonds. The van der Waals surface area contributed by atoms with Crippen LogP contribution in [0.1, 0.15) is 32.1 Å². The van der Waals surface area contributed by atoms with E-state index in [1.54, 1.807) is 6.07 Å². The van der Waals surface area contributed by atoms with E-state index in [4.69, 9.17) is 5.26 Å². The van der Waals surface area contributed by atoms with Crippen LogP contribution in [0.4, 0.5) is 13.2 Å². The van der Waals surface area contributed by atoms with Crippen LogP contribution in [0.3, 0.4) is 0 Å². The summed E-state index contributed by atoms with van der Waals surface area (Å²) in [5, 5.41) is 18.0. The average molecular weight is 207 g/mol. The van der Waals surface area contributed by atoms with Gasteiger partial charge in [-0.3, -0.25) is 0 Å². The number of rotatable bonds is 1. The Kier molecular flexibility index (Phi) is 3.05. The van der Waals surface area contributed by atoms with Gasteiger partial charge in [0.05, 0.1) is 24.0 Å². The molecule has 80 valence electrons. The van der Waals surface area contributed by atoms with Gasteiger partial charge in [0, 0.05) is 0 Å². The van der Waals surface area contributed by atoms with Crippen molar-refractivity contribution in [2.45, 2.75) is 43.9 Å². The van der Waals surface area contributed by atoms with E-state index in [9.17, 15) is 18.3 Å². The summed E-state index contributed by atoms with van der Waals surface area (Å²) in [5.74, 6) is -1.30. The molecule has 1 aliphatic rings. The van der Waals surface area contributed by atoms with Crippen LogP contribution in [0, 0.1) is 17.2 Å². The zero-order valence-corrected chi connectivity index (χ0v) is 7.64. The fraction of sp³-hybridized carbons (Fsp3) is 0.889. The quantitative estimate of drug-likeness (QED) is 0.717. The van der Waals surface area contributed by atoms with Crippen molar-refractivity contribution >= 4 is 0 Å². The van der Waals surface area contributed by atoms with Crippen molar-refractivity contribution in [3.8, 4) is 6.07 Å². The van der Waals surface area contributed by atoms with Gasteiger partial charge < -0.3 is 5.11 Å². The van der Waals surface area contributed by atoms with Crippen molar-refractivity contribution in [2.75, 3.05) is 0 Å². The van der Waals surface area contributed by atoms with E-state index in [0.29, 0.717) is 0 Å². The van der Waals surface area contributed by atoms with Crippen LogP contribution in [0.5, 0.6) is 0 Å². The summed E-state index contributed by atoms with van der Waals surface area (Å²) in [6, 6.07) is 1.80. The molecule has 0 aromatic carbocycles. The van der Waals surface area contributed by atoms with Gasteiger partial charge in [-0.25, -0.2) is 0 Å². The molecule has 0 unspecified atom stereocenters. The Morgan fingerprint density at radius 1 is 1.36 bits per heavy atom. The molecule has 1 saturated carbocycles. The second-order valence-corrected chi connectivity index (χ2v) is 3.88. The maximum Gasteiger partial charge on any atom is 0.391 e. The second kappa shape index (κ2) is 3.77. The van der Waals surface area contributed by atoms with Gasteiger partial charge in [-0.15, -0.1) is 0 Å². The standard InChI is InChI=1S/C9H12F3NO/c10-9(11,12)7-1-3-8(14,4-2-7)5-6-13/h7,14H,1-5H2. The molecule has 0 aliphatic heterocycles. The van der Waals surface area contributed by atoms with Crippen molar-refractivity contribution in [1.29, 1.82) is 5.26 Å². The third-order valence-corrected chi connectivity index (χ3v) is 2.79. The Bertz CT molecular complexity index is 235. The van der Waals surface area contributed by atoms with E-state index in [1.807, 2.05) is 0 Å². The van der Waals surface area contributed by atoms with Gasteiger partial charge in [0.25, 0.3) is 0 Å². The van der Waals surface area contributed by atoms with Gasteiger partial charge in [0.1, 0.15) is 0 Å². The lowest BCUT2D eigenvalue weighted by Gasteiger charge is -2.35. The summed E-state index contributed by atoms with van der Waals surface area (Å²) in [6.07, 6.45) is -4.22. The molecule has 0 heterocycles. The SMILES string of the molecule is N#CCC1(O)CCC(C(F)(F)F)CC1. The lowest BCUT2D eigenvalue weighted by atomic mass is 9.77. The van der Waals surface area contributed by atoms with Gasteiger partial charge >= 0.3 is 6.18 Å². The zero-order chi connectivity index (χ0) is 10.8. The van der Waals surface area contributed by atoms with Crippen LogP contribution in [0.25, 0.3) is 0 Å². The van der Waals surface area contributed by atoms with Gasteiger partial charge in [0.15, 0.2) is 0 Å². The molecule has 1 aliphatic carbocycles. The summed E-state index contributed by atoms with van der Waals surface area (Å²) in [6.45, 7) is 0. The van der Waals surface area contributed by atoms with Crippen LogP contribution in [0.2, 0.25) is 0 Å². The zero-order valence-electron chi connectivity index (χ0n) is 7.64. The Labute approximate surface area is 80.3 Å². The minimum Gasteiger partial charge on any atom is -0.389 e. The van der Waals surface area contributed by atoms with Crippen LogP contribution in [-0.4, -0.2) is 16.9 Å². The van der Waals surface area contributed by atoms with E-state index < -0.39 is 17.7 Å². The Hall–Kier alpha value is -0.760. The molecule has 0 spiro atoms. The van der Waals surface area contributed by atoms with Gasteiger partial charge in [-0.05, 0) is 25.7 Å². The molecule has 5 heteroatoms. The minimum absolute atomic E-state index is 0.0678. The molecule has 14 heavy (non-hydrogen) atoms. The van der Waals surface area contributed by atoms with Gasteiger partial charge in [-0.1, -0.05) is 0 Å². The molecular formula is C9H12F3NO. The first-order valence-electron chi connectivity index (χ1n) is 4.53. The monoisotopic (exact) mass is 207 g/mol. The Morgan fingerprint density at radius 2 is 1.86 bits per heavy atom. The summed E-state index contributed by atoms with van der Waals surface area (Å²) >= 11 is 0. The summed E-state index contributed by atoms with van der Waals surface area (Å²) in [4.78, 5) is 0. The van der Waals surface area contributed by atoms with Crippen LogP contribution < -0.4 is 0 Å². The average Bonchev–Trinajstić information content (AvgIpc) is 2.03. The van der Waals surface area contributed by atoms with Crippen molar-refractivity contribution in [3.05, 3.63) is 0 Å². The number of hydrogen-bond donors (Lipinski definition) is 1. The third kappa shape index (κ3) is 2.61. The van der Waals surface area contributed by atoms with E-state index in [1.165, 1.54) is 0 Å². The maximum atomic E-state index is 12.2. The van der Waals surface area contributed by atoms with Crippen molar-refractivity contribution in [1.82, 2.24) is 0 Å². The Morgan fingerprint density at radius 3 is 2.21 bits per heavy atom. The highest BCUT2D eigenvalue weighted by Crippen LogP contribution is 2.41. The van der Waals surface area contributed by atoms with Crippen molar-refractivity contribution < 1.29 is 18.3 Å². The van der Waals surface area contributed by atoms with Gasteiger partial charge in [0.2, 0.25) is 0 Å². The molecule has 1 N–H and O–H groups in total. The molecule has 0 saturated heterocycles. The van der Waals surface area contributed by atoms with E-state index >= 15 is 0 Å². The highest BCUT2D eigenvalue weighted by molar-refractivity contribution is 4.93. The number of halogens is 3. The lowest BCUT2D eigenvalue weighted by Crippen LogP contribution is -2.37. The largest absolute Gasteiger partial charge is 0.391 e. The predicted octanol–water partition coefficient (Wildman–Crippen LogP) is 2.38. The molecule has 0 atom stereocenters. The van der Waals surface area contributed by atoms with Crippen molar-refractivity contribution in [2.24, 2.45) is 5.92 Å².